The predicted octanol–water partition coefficient (Wildman–Crippen LogP) is 4.25. The van der Waals surface area contributed by atoms with Crippen LogP contribution < -0.4 is 0 Å². The zero-order valence-electron chi connectivity index (χ0n) is 11.0. The zero-order valence-corrected chi connectivity index (χ0v) is 12.6. The molecule has 1 aromatic heterocycles. The van der Waals surface area contributed by atoms with E-state index in [4.69, 9.17) is 4.74 Å². The Bertz CT molecular complexity index is 643. The van der Waals surface area contributed by atoms with Crippen molar-refractivity contribution < 1.29 is 9.53 Å². The SMILES string of the molecule is CCOC(=O)c1cc(Cc2ccccc2)sc1N=C=S. The summed E-state index contributed by atoms with van der Waals surface area (Å²) in [6.07, 6.45) is 0.755. The molecule has 0 saturated carbocycles. The van der Waals surface area contributed by atoms with Crippen molar-refractivity contribution in [2.45, 2.75) is 13.3 Å². The van der Waals surface area contributed by atoms with E-state index in [-0.39, 0.29) is 5.97 Å². The second-order valence-electron chi connectivity index (χ2n) is 4.02. The molecule has 0 N–H and O–H groups in total. The molecule has 0 radical (unpaired) electrons. The average molecular weight is 303 g/mol. The summed E-state index contributed by atoms with van der Waals surface area (Å²) >= 11 is 6.06. The van der Waals surface area contributed by atoms with E-state index in [0.29, 0.717) is 17.2 Å². The van der Waals surface area contributed by atoms with Gasteiger partial charge in [-0.05, 0) is 30.8 Å². The number of benzene rings is 1. The third kappa shape index (κ3) is 3.61. The number of thiophene rings is 1. The van der Waals surface area contributed by atoms with Crippen LogP contribution in [0.15, 0.2) is 41.4 Å². The Morgan fingerprint density at radius 3 is 2.80 bits per heavy atom. The lowest BCUT2D eigenvalue weighted by Gasteiger charge is -1.98. The first kappa shape index (κ1) is 14.6. The second-order valence-corrected chi connectivity index (χ2v) is 5.32. The van der Waals surface area contributed by atoms with Crippen molar-refractivity contribution in [2.24, 2.45) is 4.99 Å². The summed E-state index contributed by atoms with van der Waals surface area (Å²) in [5.74, 6) is -0.368. The molecule has 0 fully saturated rings. The van der Waals surface area contributed by atoms with Crippen LogP contribution in [0, 0.1) is 0 Å². The van der Waals surface area contributed by atoms with Crippen molar-refractivity contribution in [3.8, 4) is 0 Å². The van der Waals surface area contributed by atoms with Crippen LogP contribution >= 0.6 is 23.6 Å². The van der Waals surface area contributed by atoms with Crippen molar-refractivity contribution in [1.82, 2.24) is 0 Å². The van der Waals surface area contributed by atoms with Gasteiger partial charge in [0.25, 0.3) is 0 Å². The number of esters is 1. The molecule has 1 aromatic carbocycles. The van der Waals surface area contributed by atoms with Crippen LogP contribution in [-0.4, -0.2) is 17.7 Å². The van der Waals surface area contributed by atoms with Gasteiger partial charge < -0.3 is 4.74 Å². The monoisotopic (exact) mass is 303 g/mol. The maximum atomic E-state index is 11.9. The molecule has 0 spiro atoms. The fourth-order valence-corrected chi connectivity index (χ4v) is 2.95. The van der Waals surface area contributed by atoms with E-state index >= 15 is 0 Å². The number of aliphatic imine (C=N–C) groups is 1. The Morgan fingerprint density at radius 1 is 1.40 bits per heavy atom. The summed E-state index contributed by atoms with van der Waals surface area (Å²) in [4.78, 5) is 16.9. The van der Waals surface area contributed by atoms with Gasteiger partial charge in [0.05, 0.1) is 17.3 Å². The molecule has 0 aliphatic carbocycles. The van der Waals surface area contributed by atoms with Crippen LogP contribution in [0.3, 0.4) is 0 Å². The highest BCUT2D eigenvalue weighted by Crippen LogP contribution is 2.32. The van der Waals surface area contributed by atoms with Crippen molar-refractivity contribution in [3.63, 3.8) is 0 Å². The standard InChI is InChI=1S/C15H13NO2S2/c1-2-18-15(17)13-9-12(20-14(13)16-10-19)8-11-6-4-3-5-7-11/h3-7,9H,2,8H2,1H3. The molecule has 0 aliphatic rings. The van der Waals surface area contributed by atoms with E-state index in [0.717, 1.165) is 11.3 Å². The molecule has 2 rings (SSSR count). The summed E-state index contributed by atoms with van der Waals surface area (Å²) in [5, 5.41) is 2.87. The van der Waals surface area contributed by atoms with Crippen LogP contribution in [0.1, 0.15) is 27.7 Å². The maximum Gasteiger partial charge on any atom is 0.341 e. The number of ether oxygens (including phenoxy) is 1. The Kier molecular flexibility index (Phi) is 5.18. The summed E-state index contributed by atoms with van der Waals surface area (Å²) < 4.78 is 5.02. The minimum absolute atomic E-state index is 0.337. The van der Waals surface area contributed by atoms with Crippen molar-refractivity contribution in [3.05, 3.63) is 52.4 Å². The van der Waals surface area contributed by atoms with Crippen molar-refractivity contribution in [1.29, 1.82) is 0 Å². The number of rotatable bonds is 5. The van der Waals surface area contributed by atoms with Crippen LogP contribution in [0.5, 0.6) is 0 Å². The highest BCUT2D eigenvalue weighted by Gasteiger charge is 2.17. The smallest absolute Gasteiger partial charge is 0.341 e. The number of nitrogens with zero attached hydrogens (tertiary/aromatic N) is 1. The summed E-state index contributed by atoms with van der Waals surface area (Å²) in [5.41, 5.74) is 1.64. The molecule has 0 amide bonds. The van der Waals surface area contributed by atoms with Crippen molar-refractivity contribution >= 4 is 39.7 Å². The lowest BCUT2D eigenvalue weighted by Crippen LogP contribution is -2.03. The molecular formula is C15H13NO2S2. The molecule has 0 atom stereocenters. The van der Waals surface area contributed by atoms with Gasteiger partial charge in [0, 0.05) is 11.3 Å². The van der Waals surface area contributed by atoms with Crippen LogP contribution in [0.4, 0.5) is 5.00 Å². The maximum absolute atomic E-state index is 11.9. The quantitative estimate of drug-likeness (QED) is 0.471. The van der Waals surface area contributed by atoms with E-state index in [9.17, 15) is 4.79 Å². The molecule has 5 heteroatoms. The molecule has 2 aromatic rings. The van der Waals surface area contributed by atoms with E-state index in [1.54, 1.807) is 6.92 Å². The largest absolute Gasteiger partial charge is 0.462 e. The number of carbonyl (C=O) groups excluding carboxylic acids is 1. The topological polar surface area (TPSA) is 38.7 Å². The van der Waals surface area contributed by atoms with Gasteiger partial charge in [0.1, 0.15) is 5.00 Å². The van der Waals surface area contributed by atoms with Crippen LogP contribution in [0.2, 0.25) is 0 Å². The number of hydrogen-bond acceptors (Lipinski definition) is 5. The third-order valence-electron chi connectivity index (χ3n) is 2.63. The van der Waals surface area contributed by atoms with E-state index in [1.165, 1.54) is 16.9 Å². The second kappa shape index (κ2) is 7.10. The number of hydrogen-bond donors (Lipinski definition) is 0. The van der Waals surface area contributed by atoms with Crippen LogP contribution in [-0.2, 0) is 11.2 Å². The highest BCUT2D eigenvalue weighted by atomic mass is 32.1. The van der Waals surface area contributed by atoms with E-state index in [1.807, 2.05) is 36.4 Å². The van der Waals surface area contributed by atoms with Gasteiger partial charge in [-0.2, -0.15) is 4.99 Å². The molecule has 20 heavy (non-hydrogen) atoms. The van der Waals surface area contributed by atoms with Crippen LogP contribution in [0.25, 0.3) is 0 Å². The first-order chi connectivity index (χ1) is 9.74. The zero-order chi connectivity index (χ0) is 14.4. The normalized spacial score (nSPS) is 9.85. The molecule has 1 heterocycles. The number of isothiocyanates is 1. The minimum atomic E-state index is -0.368. The molecule has 0 bridgehead atoms. The van der Waals surface area contributed by atoms with Crippen molar-refractivity contribution in [2.75, 3.05) is 6.61 Å². The highest BCUT2D eigenvalue weighted by molar-refractivity contribution is 7.78. The Morgan fingerprint density at radius 2 is 2.15 bits per heavy atom. The van der Waals surface area contributed by atoms with Gasteiger partial charge in [-0.25, -0.2) is 4.79 Å². The molecular weight excluding hydrogens is 290 g/mol. The van der Waals surface area contributed by atoms with Gasteiger partial charge in [0.2, 0.25) is 0 Å². The van der Waals surface area contributed by atoms with E-state index < -0.39 is 0 Å². The summed E-state index contributed by atoms with van der Waals surface area (Å²) in [7, 11) is 0. The molecule has 3 nitrogen and oxygen atoms in total. The fraction of sp³-hybridized carbons (Fsp3) is 0.200. The Balaban J connectivity index is 2.29. The first-order valence-electron chi connectivity index (χ1n) is 6.16. The van der Waals surface area contributed by atoms with Gasteiger partial charge in [0.15, 0.2) is 0 Å². The van der Waals surface area contributed by atoms with Gasteiger partial charge >= 0.3 is 5.97 Å². The minimum Gasteiger partial charge on any atom is -0.462 e. The lowest BCUT2D eigenvalue weighted by atomic mass is 10.1. The Hall–Kier alpha value is -1.81. The lowest BCUT2D eigenvalue weighted by molar-refractivity contribution is 0.0528. The van der Waals surface area contributed by atoms with Gasteiger partial charge in [-0.1, -0.05) is 30.3 Å². The molecule has 0 unspecified atom stereocenters. The van der Waals surface area contributed by atoms with Gasteiger partial charge in [-0.3, -0.25) is 0 Å². The summed E-state index contributed by atoms with van der Waals surface area (Å²) in [6.45, 7) is 2.11. The summed E-state index contributed by atoms with van der Waals surface area (Å²) in [6, 6.07) is 11.9. The molecule has 102 valence electrons. The fourth-order valence-electron chi connectivity index (χ4n) is 1.80. The third-order valence-corrected chi connectivity index (χ3v) is 3.75. The van der Waals surface area contributed by atoms with Gasteiger partial charge in [-0.15, -0.1) is 11.3 Å². The first-order valence-corrected chi connectivity index (χ1v) is 7.38. The number of carbonyl (C=O) groups is 1. The average Bonchev–Trinajstić information content (AvgIpc) is 2.83. The Labute approximate surface area is 126 Å². The molecule has 0 saturated heterocycles. The number of thiocarbonyl (C=S) groups is 1. The predicted molar refractivity (Wildman–Crippen MR) is 84.2 cm³/mol. The molecule has 0 aliphatic heterocycles. The van der Waals surface area contributed by atoms with E-state index in [2.05, 4.69) is 22.4 Å².